The maximum absolute atomic E-state index is 4.49. The number of aryl methyl sites for hydroxylation is 4. The van der Waals surface area contributed by atoms with Crippen LogP contribution in [0.5, 0.6) is 0 Å². The summed E-state index contributed by atoms with van der Waals surface area (Å²) in [5.74, 6) is 1.04. The van der Waals surface area contributed by atoms with E-state index in [0.29, 0.717) is 0 Å². The highest BCUT2D eigenvalue weighted by Crippen LogP contribution is 2.24. The molecule has 5 heteroatoms. The summed E-state index contributed by atoms with van der Waals surface area (Å²) >= 11 is 0. The van der Waals surface area contributed by atoms with Crippen LogP contribution in [-0.4, -0.2) is 26.3 Å². The molecular formula is C16H23N5. The lowest BCUT2D eigenvalue weighted by molar-refractivity contribution is 0.573. The summed E-state index contributed by atoms with van der Waals surface area (Å²) < 4.78 is 2.08. The fraction of sp³-hybridized carbons (Fsp3) is 0.562. The van der Waals surface area contributed by atoms with Crippen LogP contribution in [0.3, 0.4) is 0 Å². The van der Waals surface area contributed by atoms with E-state index >= 15 is 0 Å². The first-order valence-electron chi connectivity index (χ1n) is 7.82. The molecule has 2 aromatic rings. The quantitative estimate of drug-likeness (QED) is 0.858. The third-order valence-electron chi connectivity index (χ3n) is 4.07. The summed E-state index contributed by atoms with van der Waals surface area (Å²) in [5.41, 5.74) is 4.88. The minimum atomic E-state index is 0.918. The maximum atomic E-state index is 4.49. The fourth-order valence-electron chi connectivity index (χ4n) is 3.01. The van der Waals surface area contributed by atoms with E-state index in [1.165, 1.54) is 29.8 Å². The van der Waals surface area contributed by atoms with E-state index in [4.69, 9.17) is 0 Å². The molecule has 2 heterocycles. The average molecular weight is 285 g/mol. The molecule has 0 aromatic carbocycles. The standard InChI is InChI=1S/C16H23N5/c1-12-10-13(2)21(20-12)9-5-8-17-16-14-6-3-4-7-15(14)18-11-19-16/h10-11H,3-9H2,1-2H3,(H,17,18,19). The van der Waals surface area contributed by atoms with Crippen LogP contribution >= 0.6 is 0 Å². The van der Waals surface area contributed by atoms with Gasteiger partial charge in [0.2, 0.25) is 0 Å². The smallest absolute Gasteiger partial charge is 0.132 e. The van der Waals surface area contributed by atoms with Crippen molar-refractivity contribution in [2.75, 3.05) is 11.9 Å². The number of rotatable bonds is 5. The molecular weight excluding hydrogens is 262 g/mol. The van der Waals surface area contributed by atoms with Gasteiger partial charge in [0.05, 0.1) is 5.69 Å². The SMILES string of the molecule is Cc1cc(C)n(CCCNc2ncnc3c2CCCC3)n1. The van der Waals surface area contributed by atoms with E-state index < -0.39 is 0 Å². The van der Waals surface area contributed by atoms with E-state index in [1.54, 1.807) is 6.33 Å². The number of nitrogens with zero attached hydrogens (tertiary/aromatic N) is 4. The van der Waals surface area contributed by atoms with Crippen molar-refractivity contribution < 1.29 is 0 Å². The second-order valence-electron chi connectivity index (χ2n) is 5.79. The number of fused-ring (bicyclic) bond motifs is 1. The second kappa shape index (κ2) is 6.24. The molecule has 0 fully saturated rings. The highest BCUT2D eigenvalue weighted by atomic mass is 15.3. The zero-order valence-corrected chi connectivity index (χ0v) is 12.9. The zero-order chi connectivity index (χ0) is 14.7. The van der Waals surface area contributed by atoms with Crippen LogP contribution in [0.4, 0.5) is 5.82 Å². The molecule has 2 aromatic heterocycles. The van der Waals surface area contributed by atoms with E-state index in [9.17, 15) is 0 Å². The molecule has 1 aliphatic carbocycles. The van der Waals surface area contributed by atoms with Crippen LogP contribution in [0.2, 0.25) is 0 Å². The van der Waals surface area contributed by atoms with E-state index in [1.807, 2.05) is 6.92 Å². The van der Waals surface area contributed by atoms with Crippen molar-refractivity contribution in [3.63, 3.8) is 0 Å². The minimum absolute atomic E-state index is 0.918. The molecule has 0 saturated carbocycles. The van der Waals surface area contributed by atoms with Crippen molar-refractivity contribution in [2.45, 2.75) is 52.5 Å². The van der Waals surface area contributed by atoms with Crippen LogP contribution in [0.1, 0.15) is 41.9 Å². The molecule has 0 aliphatic heterocycles. The highest BCUT2D eigenvalue weighted by molar-refractivity contribution is 5.46. The lowest BCUT2D eigenvalue weighted by Gasteiger charge is -2.18. The maximum Gasteiger partial charge on any atom is 0.132 e. The van der Waals surface area contributed by atoms with Gasteiger partial charge in [-0.25, -0.2) is 9.97 Å². The van der Waals surface area contributed by atoms with Gasteiger partial charge in [0.25, 0.3) is 0 Å². The topological polar surface area (TPSA) is 55.6 Å². The summed E-state index contributed by atoms with van der Waals surface area (Å²) in [6, 6.07) is 2.12. The molecule has 0 unspecified atom stereocenters. The molecule has 0 radical (unpaired) electrons. The zero-order valence-electron chi connectivity index (χ0n) is 12.9. The first kappa shape index (κ1) is 14.0. The Morgan fingerprint density at radius 3 is 2.86 bits per heavy atom. The van der Waals surface area contributed by atoms with E-state index in [-0.39, 0.29) is 0 Å². The largest absolute Gasteiger partial charge is 0.370 e. The Balaban J connectivity index is 1.55. The number of nitrogens with one attached hydrogen (secondary N) is 1. The van der Waals surface area contributed by atoms with Gasteiger partial charge < -0.3 is 5.32 Å². The Bertz CT molecular complexity index is 617. The van der Waals surface area contributed by atoms with Gasteiger partial charge in [-0.1, -0.05) is 0 Å². The summed E-state index contributed by atoms with van der Waals surface area (Å²) in [6.07, 6.45) is 7.44. The molecule has 0 amide bonds. The number of hydrogen-bond donors (Lipinski definition) is 1. The molecule has 0 saturated heterocycles. The number of aromatic nitrogens is 4. The minimum Gasteiger partial charge on any atom is -0.370 e. The summed E-state index contributed by atoms with van der Waals surface area (Å²) in [5, 5.41) is 7.97. The van der Waals surface area contributed by atoms with Gasteiger partial charge in [0.15, 0.2) is 0 Å². The van der Waals surface area contributed by atoms with Gasteiger partial charge >= 0.3 is 0 Å². The number of hydrogen-bond acceptors (Lipinski definition) is 4. The van der Waals surface area contributed by atoms with Crippen molar-refractivity contribution >= 4 is 5.82 Å². The molecule has 21 heavy (non-hydrogen) atoms. The Hall–Kier alpha value is -1.91. The van der Waals surface area contributed by atoms with Crippen molar-refractivity contribution in [1.29, 1.82) is 0 Å². The van der Waals surface area contributed by atoms with Crippen LogP contribution in [0.25, 0.3) is 0 Å². The van der Waals surface area contributed by atoms with Gasteiger partial charge in [-0.3, -0.25) is 4.68 Å². The molecule has 5 nitrogen and oxygen atoms in total. The third-order valence-corrected chi connectivity index (χ3v) is 4.07. The van der Waals surface area contributed by atoms with Crippen molar-refractivity contribution in [1.82, 2.24) is 19.7 Å². The van der Waals surface area contributed by atoms with Gasteiger partial charge in [-0.2, -0.15) is 5.10 Å². The third kappa shape index (κ3) is 3.23. The monoisotopic (exact) mass is 285 g/mol. The average Bonchev–Trinajstić information content (AvgIpc) is 2.82. The molecule has 3 rings (SSSR count). The normalized spacial score (nSPS) is 14.0. The van der Waals surface area contributed by atoms with Crippen LogP contribution in [0, 0.1) is 13.8 Å². The predicted octanol–water partition coefficient (Wildman–Crippen LogP) is 2.67. The number of anilines is 1. The Kier molecular flexibility index (Phi) is 4.18. The van der Waals surface area contributed by atoms with Crippen LogP contribution in [-0.2, 0) is 19.4 Å². The van der Waals surface area contributed by atoms with E-state index in [2.05, 4.69) is 38.1 Å². The Morgan fingerprint density at radius 2 is 2.05 bits per heavy atom. The molecule has 0 spiro atoms. The van der Waals surface area contributed by atoms with Crippen LogP contribution in [0.15, 0.2) is 12.4 Å². The second-order valence-corrected chi connectivity index (χ2v) is 5.79. The lowest BCUT2D eigenvalue weighted by atomic mass is 9.96. The van der Waals surface area contributed by atoms with Gasteiger partial charge in [-0.15, -0.1) is 0 Å². The summed E-state index contributed by atoms with van der Waals surface area (Å²) in [4.78, 5) is 8.82. The van der Waals surface area contributed by atoms with Crippen molar-refractivity contribution in [3.8, 4) is 0 Å². The van der Waals surface area contributed by atoms with Gasteiger partial charge in [-0.05, 0) is 52.0 Å². The van der Waals surface area contributed by atoms with E-state index in [0.717, 1.165) is 43.9 Å². The lowest BCUT2D eigenvalue weighted by Crippen LogP contribution is -2.14. The molecule has 0 bridgehead atoms. The Labute approximate surface area is 125 Å². The van der Waals surface area contributed by atoms with Crippen molar-refractivity contribution in [2.24, 2.45) is 0 Å². The van der Waals surface area contributed by atoms with Crippen LogP contribution < -0.4 is 5.32 Å². The molecule has 112 valence electrons. The summed E-state index contributed by atoms with van der Waals surface area (Å²) in [7, 11) is 0. The first-order valence-corrected chi connectivity index (χ1v) is 7.82. The molecule has 1 aliphatic rings. The van der Waals surface area contributed by atoms with Gasteiger partial charge in [0.1, 0.15) is 12.1 Å². The van der Waals surface area contributed by atoms with Gasteiger partial charge in [0, 0.05) is 30.0 Å². The fourth-order valence-corrected chi connectivity index (χ4v) is 3.01. The summed E-state index contributed by atoms with van der Waals surface area (Å²) in [6.45, 7) is 6.00. The molecule has 1 N–H and O–H groups in total. The molecule has 0 atom stereocenters. The Morgan fingerprint density at radius 1 is 1.19 bits per heavy atom. The van der Waals surface area contributed by atoms with Crippen molar-refractivity contribution in [3.05, 3.63) is 35.0 Å². The predicted molar refractivity (Wildman–Crippen MR) is 83.5 cm³/mol. The first-order chi connectivity index (χ1) is 10.2. The highest BCUT2D eigenvalue weighted by Gasteiger charge is 2.14.